The van der Waals surface area contributed by atoms with Crippen LogP contribution in [0.1, 0.15) is 52.2 Å². The first-order valence-electron chi connectivity index (χ1n) is 9.96. The van der Waals surface area contributed by atoms with Gasteiger partial charge in [-0.2, -0.15) is 0 Å². The van der Waals surface area contributed by atoms with E-state index in [2.05, 4.69) is 17.6 Å². The fourth-order valence-corrected chi connectivity index (χ4v) is 3.06. The number of nitrogens with one attached hydrogen (secondary N) is 2. The first kappa shape index (κ1) is 23.8. The van der Waals surface area contributed by atoms with Gasteiger partial charge in [-0.05, 0) is 31.4 Å². The Morgan fingerprint density at radius 1 is 1.37 bits per heavy atom. The van der Waals surface area contributed by atoms with Crippen molar-refractivity contribution in [3.8, 4) is 0 Å². The molecule has 0 spiro atoms. The summed E-state index contributed by atoms with van der Waals surface area (Å²) >= 11 is 0. The molecule has 2 N–H and O–H groups in total. The molecule has 0 unspecified atom stereocenters. The summed E-state index contributed by atoms with van der Waals surface area (Å²) in [6.07, 6.45) is 6.69. The Bertz CT molecular complexity index is 552. The van der Waals surface area contributed by atoms with Crippen molar-refractivity contribution in [3.05, 3.63) is 24.2 Å². The van der Waals surface area contributed by atoms with E-state index in [1.807, 2.05) is 30.9 Å². The van der Waals surface area contributed by atoms with Gasteiger partial charge in [-0.15, -0.1) is 24.0 Å². The molecule has 1 amide bonds. The number of furan rings is 1. The van der Waals surface area contributed by atoms with E-state index in [9.17, 15) is 4.79 Å². The van der Waals surface area contributed by atoms with Crippen molar-refractivity contribution in [1.29, 1.82) is 0 Å². The second kappa shape index (κ2) is 13.0. The van der Waals surface area contributed by atoms with Gasteiger partial charge in [0.2, 0.25) is 5.91 Å². The summed E-state index contributed by atoms with van der Waals surface area (Å²) in [6, 6.07) is 4.27. The third kappa shape index (κ3) is 8.53. The van der Waals surface area contributed by atoms with Gasteiger partial charge in [0.05, 0.1) is 6.26 Å². The van der Waals surface area contributed by atoms with Crippen LogP contribution in [0.25, 0.3) is 0 Å². The summed E-state index contributed by atoms with van der Waals surface area (Å²) in [5, 5.41) is 6.97. The van der Waals surface area contributed by atoms with Gasteiger partial charge in [0, 0.05) is 44.6 Å². The van der Waals surface area contributed by atoms with Crippen LogP contribution in [0, 0.1) is 5.92 Å². The Balaban J connectivity index is 0.00000364. The Hall–Kier alpha value is -1.25. The van der Waals surface area contributed by atoms with Crippen molar-refractivity contribution in [2.24, 2.45) is 10.9 Å². The number of hydrogen-bond donors (Lipinski definition) is 2. The number of halogens is 1. The summed E-state index contributed by atoms with van der Waals surface area (Å²) in [4.78, 5) is 18.8. The van der Waals surface area contributed by atoms with Crippen molar-refractivity contribution in [2.75, 3.05) is 26.2 Å². The van der Waals surface area contributed by atoms with Gasteiger partial charge in [-0.1, -0.05) is 27.2 Å². The van der Waals surface area contributed by atoms with E-state index in [1.165, 1.54) is 0 Å². The van der Waals surface area contributed by atoms with E-state index in [0.717, 1.165) is 70.0 Å². The molecule has 1 fully saturated rings. The zero-order chi connectivity index (χ0) is 18.8. The molecular formula is C20H35IN4O2. The first-order valence-corrected chi connectivity index (χ1v) is 9.96. The molecule has 154 valence electrons. The highest BCUT2D eigenvalue weighted by molar-refractivity contribution is 14.0. The molecule has 2 rings (SSSR count). The number of unbranched alkanes of at least 4 members (excludes halogenated alkanes) is 1. The van der Waals surface area contributed by atoms with Crippen LogP contribution in [0.3, 0.4) is 0 Å². The summed E-state index contributed by atoms with van der Waals surface area (Å²) < 4.78 is 5.38. The highest BCUT2D eigenvalue weighted by Gasteiger charge is 2.24. The summed E-state index contributed by atoms with van der Waals surface area (Å²) in [5.74, 6) is 2.19. The minimum Gasteiger partial charge on any atom is -0.469 e. The average molecular weight is 490 g/mol. The third-order valence-corrected chi connectivity index (χ3v) is 4.67. The van der Waals surface area contributed by atoms with Crippen LogP contribution in [0.2, 0.25) is 0 Å². The normalized spacial score (nSPS) is 15.6. The molecule has 0 aliphatic carbocycles. The van der Waals surface area contributed by atoms with Crippen molar-refractivity contribution >= 4 is 35.8 Å². The molecule has 1 aliphatic rings. The molecule has 6 nitrogen and oxygen atoms in total. The summed E-state index contributed by atoms with van der Waals surface area (Å²) in [6.45, 7) is 9.37. The Labute approximate surface area is 180 Å². The predicted octanol–water partition coefficient (Wildman–Crippen LogP) is 3.42. The molecule has 7 heteroatoms. The van der Waals surface area contributed by atoms with Gasteiger partial charge in [-0.3, -0.25) is 9.79 Å². The van der Waals surface area contributed by atoms with E-state index >= 15 is 0 Å². The van der Waals surface area contributed by atoms with Crippen LogP contribution in [0.5, 0.6) is 0 Å². The lowest BCUT2D eigenvalue weighted by atomic mass is 10.0. The van der Waals surface area contributed by atoms with Crippen LogP contribution in [-0.4, -0.2) is 49.0 Å². The topological polar surface area (TPSA) is 69.9 Å². The monoisotopic (exact) mass is 490 g/mol. The van der Waals surface area contributed by atoms with E-state index in [4.69, 9.17) is 9.41 Å². The van der Waals surface area contributed by atoms with E-state index in [-0.39, 0.29) is 35.8 Å². The SMILES string of the molecule is CCCCN=C(NCCc1ccco1)NC1CCN(C(=O)C(C)C)CC1.I. The number of nitrogens with zero attached hydrogens (tertiary/aromatic N) is 2. The van der Waals surface area contributed by atoms with Crippen molar-refractivity contribution in [3.63, 3.8) is 0 Å². The molecule has 1 aromatic rings. The first-order chi connectivity index (χ1) is 12.6. The number of carbonyl (C=O) groups is 1. The Morgan fingerprint density at radius 2 is 2.11 bits per heavy atom. The van der Waals surface area contributed by atoms with Crippen LogP contribution in [-0.2, 0) is 11.2 Å². The number of aliphatic imine (C=N–C) groups is 1. The van der Waals surface area contributed by atoms with E-state index in [1.54, 1.807) is 6.26 Å². The number of carbonyl (C=O) groups excluding carboxylic acids is 1. The van der Waals surface area contributed by atoms with Crippen LogP contribution in [0.15, 0.2) is 27.8 Å². The number of piperidine rings is 1. The molecule has 1 saturated heterocycles. The highest BCUT2D eigenvalue weighted by atomic mass is 127. The van der Waals surface area contributed by atoms with Gasteiger partial charge in [-0.25, -0.2) is 0 Å². The fraction of sp³-hybridized carbons (Fsp3) is 0.700. The van der Waals surface area contributed by atoms with Crippen molar-refractivity contribution < 1.29 is 9.21 Å². The van der Waals surface area contributed by atoms with E-state index < -0.39 is 0 Å². The number of likely N-dealkylation sites (tertiary alicyclic amines) is 1. The Kier molecular flexibility index (Phi) is 11.5. The quantitative estimate of drug-likeness (QED) is 0.254. The molecule has 1 aliphatic heterocycles. The third-order valence-electron chi connectivity index (χ3n) is 4.67. The molecule has 1 aromatic heterocycles. The maximum atomic E-state index is 12.1. The van der Waals surface area contributed by atoms with Gasteiger partial charge in [0.15, 0.2) is 5.96 Å². The van der Waals surface area contributed by atoms with Gasteiger partial charge >= 0.3 is 0 Å². The molecule has 0 bridgehead atoms. The zero-order valence-corrected chi connectivity index (χ0v) is 19.2. The zero-order valence-electron chi connectivity index (χ0n) is 16.9. The van der Waals surface area contributed by atoms with Crippen molar-refractivity contribution in [2.45, 2.75) is 58.9 Å². The maximum Gasteiger partial charge on any atom is 0.225 e. The number of amides is 1. The molecule has 0 radical (unpaired) electrons. The summed E-state index contributed by atoms with van der Waals surface area (Å²) in [7, 11) is 0. The molecule has 27 heavy (non-hydrogen) atoms. The lowest BCUT2D eigenvalue weighted by Gasteiger charge is -2.34. The summed E-state index contributed by atoms with van der Waals surface area (Å²) in [5.41, 5.74) is 0. The second-order valence-corrected chi connectivity index (χ2v) is 7.24. The molecule has 0 aromatic carbocycles. The number of rotatable bonds is 8. The molecule has 0 atom stereocenters. The molecule has 2 heterocycles. The smallest absolute Gasteiger partial charge is 0.225 e. The lowest BCUT2D eigenvalue weighted by molar-refractivity contribution is -0.135. The van der Waals surface area contributed by atoms with Gasteiger partial charge in [0.25, 0.3) is 0 Å². The van der Waals surface area contributed by atoms with Crippen LogP contribution >= 0.6 is 24.0 Å². The standard InChI is InChI=1S/C20H34N4O2.HI/c1-4-5-11-21-20(22-12-8-18-7-6-15-26-18)23-17-9-13-24(14-10-17)19(25)16(2)3;/h6-7,15-17H,4-5,8-14H2,1-3H3,(H2,21,22,23);1H. The predicted molar refractivity (Wildman–Crippen MR) is 121 cm³/mol. The van der Waals surface area contributed by atoms with Crippen molar-refractivity contribution in [1.82, 2.24) is 15.5 Å². The second-order valence-electron chi connectivity index (χ2n) is 7.24. The van der Waals surface area contributed by atoms with Gasteiger partial charge in [0.1, 0.15) is 5.76 Å². The number of guanidine groups is 1. The molecule has 0 saturated carbocycles. The van der Waals surface area contributed by atoms with Gasteiger partial charge < -0.3 is 20.0 Å². The average Bonchev–Trinajstić information content (AvgIpc) is 3.15. The highest BCUT2D eigenvalue weighted by Crippen LogP contribution is 2.13. The minimum absolute atomic E-state index is 0. The van der Waals surface area contributed by atoms with E-state index in [0.29, 0.717) is 6.04 Å². The number of hydrogen-bond acceptors (Lipinski definition) is 3. The minimum atomic E-state index is 0. The Morgan fingerprint density at radius 3 is 2.70 bits per heavy atom. The molecular weight excluding hydrogens is 455 g/mol. The van der Waals surface area contributed by atoms with Crippen LogP contribution < -0.4 is 10.6 Å². The lowest BCUT2D eigenvalue weighted by Crippen LogP contribution is -2.50. The maximum absolute atomic E-state index is 12.1. The van der Waals surface area contributed by atoms with Crippen LogP contribution in [0.4, 0.5) is 0 Å². The largest absolute Gasteiger partial charge is 0.469 e. The fourth-order valence-electron chi connectivity index (χ4n) is 3.06.